The summed E-state index contributed by atoms with van der Waals surface area (Å²) in [5.74, 6) is -1.81. The molecule has 1 atom stereocenters. The van der Waals surface area contributed by atoms with Gasteiger partial charge in [-0.3, -0.25) is 14.4 Å². The van der Waals surface area contributed by atoms with Crippen molar-refractivity contribution in [1.82, 2.24) is 5.32 Å². The fourth-order valence-corrected chi connectivity index (χ4v) is 8.03. The fraction of sp³-hybridized carbons (Fsp3) is 0.0909. The van der Waals surface area contributed by atoms with E-state index in [1.54, 1.807) is 55.5 Å². The van der Waals surface area contributed by atoms with E-state index in [0.29, 0.717) is 37.8 Å². The molecular formula is C44H36BrN3O5S2. The van der Waals surface area contributed by atoms with Crippen molar-refractivity contribution in [3.63, 3.8) is 0 Å². The molecule has 3 amide bonds. The van der Waals surface area contributed by atoms with Crippen LogP contribution in [0.3, 0.4) is 0 Å². The third kappa shape index (κ3) is 10.3. The van der Waals surface area contributed by atoms with E-state index in [-0.39, 0.29) is 18.2 Å². The third-order valence-corrected chi connectivity index (χ3v) is 10.9. The van der Waals surface area contributed by atoms with Crippen molar-refractivity contribution in [3.05, 3.63) is 177 Å². The molecular weight excluding hydrogens is 795 g/mol. The number of aryl methyl sites for hydroxylation is 1. The lowest BCUT2D eigenvalue weighted by molar-refractivity contribution is -0.116. The number of amides is 3. The first-order chi connectivity index (χ1) is 26.7. The predicted molar refractivity (Wildman–Crippen MR) is 225 cm³/mol. The molecule has 6 rings (SSSR count). The van der Waals surface area contributed by atoms with Gasteiger partial charge in [0.15, 0.2) is 0 Å². The normalized spacial score (nSPS) is 11.7. The van der Waals surface area contributed by atoms with Crippen LogP contribution in [0.15, 0.2) is 154 Å². The van der Waals surface area contributed by atoms with Crippen molar-refractivity contribution in [3.8, 4) is 11.1 Å². The standard InChI is InChI=1S/C44H36BrN3O5S2/c1-3-53-44(52)38-36(30-22-20-28(2)21-23-30)27-54-43(38)48-42(51)39(31-13-6-4-7-14-31)55-35-19-11-18-34(26-35)46-41(50)37(25-29-12-10-17-33(45)24-29)47-40(49)32-15-8-5-9-16-32/h4-27,39H,3H2,1-2H3,(H,46,50)(H,47,49)(H,48,51)/b37-25+. The molecule has 11 heteroatoms. The molecule has 0 saturated heterocycles. The summed E-state index contributed by atoms with van der Waals surface area (Å²) in [6.45, 7) is 3.92. The average molecular weight is 831 g/mol. The highest BCUT2D eigenvalue weighted by atomic mass is 79.9. The maximum absolute atomic E-state index is 14.2. The Hall–Kier alpha value is -5.75. The molecule has 55 heavy (non-hydrogen) atoms. The van der Waals surface area contributed by atoms with Crippen LogP contribution in [0.1, 0.15) is 49.6 Å². The Morgan fingerprint density at radius 2 is 1.53 bits per heavy atom. The Kier molecular flexibility index (Phi) is 13.1. The van der Waals surface area contributed by atoms with Crippen LogP contribution >= 0.6 is 39.0 Å². The zero-order valence-electron chi connectivity index (χ0n) is 29.9. The molecule has 0 aliphatic carbocycles. The Morgan fingerprint density at radius 1 is 0.818 bits per heavy atom. The van der Waals surface area contributed by atoms with Crippen molar-refractivity contribution in [2.24, 2.45) is 0 Å². The van der Waals surface area contributed by atoms with E-state index >= 15 is 0 Å². The van der Waals surface area contributed by atoms with E-state index in [2.05, 4.69) is 31.9 Å². The summed E-state index contributed by atoms with van der Waals surface area (Å²) in [6.07, 6.45) is 1.61. The van der Waals surface area contributed by atoms with Gasteiger partial charge in [-0.2, -0.15) is 0 Å². The lowest BCUT2D eigenvalue weighted by atomic mass is 10.0. The number of rotatable bonds is 13. The highest BCUT2D eigenvalue weighted by molar-refractivity contribution is 9.10. The van der Waals surface area contributed by atoms with Crippen LogP contribution in [0.5, 0.6) is 0 Å². The number of esters is 1. The Labute approximate surface area is 336 Å². The van der Waals surface area contributed by atoms with Crippen LogP contribution in [0.4, 0.5) is 10.7 Å². The second kappa shape index (κ2) is 18.5. The van der Waals surface area contributed by atoms with Gasteiger partial charge in [0, 0.05) is 31.6 Å². The van der Waals surface area contributed by atoms with Gasteiger partial charge in [-0.25, -0.2) is 4.79 Å². The lowest BCUT2D eigenvalue weighted by Gasteiger charge is -2.18. The number of ether oxygens (including phenoxy) is 1. The molecule has 6 aromatic rings. The topological polar surface area (TPSA) is 114 Å². The number of carbonyl (C=O) groups is 4. The largest absolute Gasteiger partial charge is 0.462 e. The number of hydrogen-bond donors (Lipinski definition) is 3. The number of anilines is 2. The van der Waals surface area contributed by atoms with E-state index < -0.39 is 23.0 Å². The number of thiophene rings is 1. The van der Waals surface area contributed by atoms with Gasteiger partial charge < -0.3 is 20.7 Å². The molecule has 0 aliphatic rings. The third-order valence-electron chi connectivity index (χ3n) is 8.24. The van der Waals surface area contributed by atoms with Crippen LogP contribution in [0.2, 0.25) is 0 Å². The van der Waals surface area contributed by atoms with Crippen LogP contribution < -0.4 is 16.0 Å². The molecule has 0 saturated carbocycles. The second-order valence-electron chi connectivity index (χ2n) is 12.3. The number of hydrogen-bond acceptors (Lipinski definition) is 7. The van der Waals surface area contributed by atoms with Gasteiger partial charge in [0.05, 0.1) is 6.61 Å². The molecule has 8 nitrogen and oxygen atoms in total. The molecule has 0 radical (unpaired) electrons. The highest BCUT2D eigenvalue weighted by Crippen LogP contribution is 2.40. The summed E-state index contributed by atoms with van der Waals surface area (Å²) >= 11 is 6.02. The van der Waals surface area contributed by atoms with Crippen LogP contribution in [-0.2, 0) is 14.3 Å². The first kappa shape index (κ1) is 39.0. The Morgan fingerprint density at radius 3 is 2.24 bits per heavy atom. The smallest absolute Gasteiger partial charge is 0.341 e. The average Bonchev–Trinajstić information content (AvgIpc) is 3.61. The molecule has 5 aromatic carbocycles. The first-order valence-corrected chi connectivity index (χ1v) is 19.9. The molecule has 0 spiro atoms. The van der Waals surface area contributed by atoms with Gasteiger partial charge in [0.2, 0.25) is 5.91 Å². The summed E-state index contributed by atoms with van der Waals surface area (Å²) in [6, 6.07) is 40.3. The zero-order chi connectivity index (χ0) is 38.7. The number of nitrogens with one attached hydrogen (secondary N) is 3. The van der Waals surface area contributed by atoms with Crippen molar-refractivity contribution in [2.75, 3.05) is 17.2 Å². The SMILES string of the molecule is CCOC(=O)c1c(-c2ccc(C)cc2)csc1NC(=O)C(Sc1cccc(NC(=O)/C(=C\c2cccc(Br)c2)NC(=O)c2ccccc2)c1)c1ccccc1. The monoisotopic (exact) mass is 829 g/mol. The minimum Gasteiger partial charge on any atom is -0.462 e. The molecule has 276 valence electrons. The number of benzene rings is 5. The Bertz CT molecular complexity index is 2350. The van der Waals surface area contributed by atoms with Crippen molar-refractivity contribution in [2.45, 2.75) is 24.0 Å². The van der Waals surface area contributed by atoms with E-state index in [1.165, 1.54) is 23.1 Å². The van der Waals surface area contributed by atoms with Crippen LogP contribution in [0, 0.1) is 6.92 Å². The summed E-state index contributed by atoms with van der Waals surface area (Å²) in [4.78, 5) is 55.1. The van der Waals surface area contributed by atoms with Gasteiger partial charge >= 0.3 is 5.97 Å². The lowest BCUT2D eigenvalue weighted by Crippen LogP contribution is -2.30. The molecule has 1 unspecified atom stereocenters. The summed E-state index contributed by atoms with van der Waals surface area (Å²) in [5, 5.41) is 10.2. The number of thioether (sulfide) groups is 1. The number of halogens is 1. The minimum atomic E-state index is -0.732. The van der Waals surface area contributed by atoms with Crippen molar-refractivity contribution < 1.29 is 23.9 Å². The summed E-state index contributed by atoms with van der Waals surface area (Å²) in [5.41, 5.74) is 5.27. The predicted octanol–water partition coefficient (Wildman–Crippen LogP) is 10.5. The van der Waals surface area contributed by atoms with Gasteiger partial charge in [-0.15, -0.1) is 23.1 Å². The van der Waals surface area contributed by atoms with E-state index in [0.717, 1.165) is 21.2 Å². The van der Waals surface area contributed by atoms with Gasteiger partial charge in [0.1, 0.15) is 21.5 Å². The number of carbonyl (C=O) groups excluding carboxylic acids is 4. The maximum atomic E-state index is 14.2. The van der Waals surface area contributed by atoms with E-state index in [9.17, 15) is 19.2 Å². The first-order valence-electron chi connectivity index (χ1n) is 17.3. The summed E-state index contributed by atoms with van der Waals surface area (Å²) < 4.78 is 6.25. The molecule has 1 heterocycles. The highest BCUT2D eigenvalue weighted by Gasteiger charge is 2.28. The fourth-order valence-electron chi connectivity index (χ4n) is 5.57. The van der Waals surface area contributed by atoms with Crippen molar-refractivity contribution in [1.29, 1.82) is 0 Å². The van der Waals surface area contributed by atoms with Gasteiger partial charge in [0.25, 0.3) is 11.8 Å². The van der Waals surface area contributed by atoms with E-state index in [1.807, 2.05) is 103 Å². The summed E-state index contributed by atoms with van der Waals surface area (Å²) in [7, 11) is 0. The maximum Gasteiger partial charge on any atom is 0.341 e. The molecule has 0 fully saturated rings. The van der Waals surface area contributed by atoms with Crippen LogP contribution in [0.25, 0.3) is 17.2 Å². The second-order valence-corrected chi connectivity index (χ2v) is 15.2. The molecule has 1 aromatic heterocycles. The Balaban J connectivity index is 1.26. The molecule has 3 N–H and O–H groups in total. The quantitative estimate of drug-likeness (QED) is 0.0607. The minimum absolute atomic E-state index is 0.0462. The molecule has 0 aliphatic heterocycles. The zero-order valence-corrected chi connectivity index (χ0v) is 33.1. The van der Waals surface area contributed by atoms with E-state index in [4.69, 9.17) is 4.74 Å². The van der Waals surface area contributed by atoms with Crippen LogP contribution in [-0.4, -0.2) is 30.3 Å². The molecule has 0 bridgehead atoms. The van der Waals surface area contributed by atoms with Crippen molar-refractivity contribution >= 4 is 79.5 Å². The van der Waals surface area contributed by atoms with Gasteiger partial charge in [-0.05, 0) is 79.1 Å². The van der Waals surface area contributed by atoms with Gasteiger partial charge in [-0.1, -0.05) is 112 Å².